The predicted molar refractivity (Wildman–Crippen MR) is 85.8 cm³/mol. The third kappa shape index (κ3) is 4.69. The van der Waals surface area contributed by atoms with Crippen LogP contribution in [0.25, 0.3) is 0 Å². The van der Waals surface area contributed by atoms with Crippen molar-refractivity contribution in [3.8, 4) is 11.5 Å². The zero-order chi connectivity index (χ0) is 16.7. The summed E-state index contributed by atoms with van der Waals surface area (Å²) in [4.78, 5) is 10.3. The molecule has 0 spiro atoms. The zero-order valence-corrected chi connectivity index (χ0v) is 12.8. The normalized spacial score (nSPS) is 11.7. The Labute approximate surface area is 134 Å². The second kappa shape index (κ2) is 8.14. The summed E-state index contributed by atoms with van der Waals surface area (Å²) in [7, 11) is 0. The van der Waals surface area contributed by atoms with Crippen LogP contribution in [0.5, 0.6) is 11.5 Å². The highest BCUT2D eigenvalue weighted by atomic mass is 16.6. The highest BCUT2D eigenvalue weighted by Crippen LogP contribution is 2.28. The van der Waals surface area contributed by atoms with Gasteiger partial charge in [-0.15, -0.1) is 0 Å². The fourth-order valence-electron chi connectivity index (χ4n) is 2.01. The maximum absolute atomic E-state index is 10.8. The molecule has 2 aromatic rings. The van der Waals surface area contributed by atoms with Gasteiger partial charge in [-0.1, -0.05) is 31.2 Å². The van der Waals surface area contributed by atoms with Crippen LogP contribution in [0.15, 0.2) is 48.5 Å². The van der Waals surface area contributed by atoms with Crippen molar-refractivity contribution in [1.82, 2.24) is 0 Å². The summed E-state index contributed by atoms with van der Waals surface area (Å²) in [6.45, 7) is 2.57. The van der Waals surface area contributed by atoms with Crippen LogP contribution < -0.4 is 9.47 Å². The minimum Gasteiger partial charge on any atom is -0.490 e. The van der Waals surface area contributed by atoms with E-state index in [0.717, 1.165) is 6.42 Å². The van der Waals surface area contributed by atoms with Gasteiger partial charge < -0.3 is 14.6 Å². The van der Waals surface area contributed by atoms with Crippen LogP contribution >= 0.6 is 0 Å². The van der Waals surface area contributed by atoms with Crippen LogP contribution in [-0.4, -0.2) is 23.2 Å². The summed E-state index contributed by atoms with van der Waals surface area (Å²) in [5.74, 6) is 1.14. The van der Waals surface area contributed by atoms with Crippen molar-refractivity contribution in [2.75, 3.05) is 13.2 Å². The number of benzene rings is 2. The third-order valence-corrected chi connectivity index (χ3v) is 3.17. The first-order valence-electron chi connectivity index (χ1n) is 7.39. The summed E-state index contributed by atoms with van der Waals surface area (Å²) in [6.07, 6.45) is -0.0842. The molecule has 0 aromatic heterocycles. The van der Waals surface area contributed by atoms with Gasteiger partial charge in [0.25, 0.3) is 5.69 Å². The molecule has 2 rings (SSSR count). The van der Waals surface area contributed by atoms with E-state index < -0.39 is 11.0 Å². The van der Waals surface area contributed by atoms with Gasteiger partial charge in [-0.2, -0.15) is 0 Å². The standard InChI is InChI=1S/C17H19NO5/c1-2-10-22-16-8-3-4-9-17(16)23-12-15(19)13-6-5-7-14(11-13)18(20)21/h3-9,11,15,19H,2,10,12H2,1H3. The maximum Gasteiger partial charge on any atom is 0.269 e. The Hall–Kier alpha value is -2.60. The van der Waals surface area contributed by atoms with Gasteiger partial charge >= 0.3 is 0 Å². The Kier molecular flexibility index (Phi) is 5.94. The Morgan fingerprint density at radius 1 is 1.13 bits per heavy atom. The van der Waals surface area contributed by atoms with Crippen molar-refractivity contribution in [2.24, 2.45) is 0 Å². The van der Waals surface area contributed by atoms with E-state index in [4.69, 9.17) is 9.47 Å². The molecule has 1 atom stereocenters. The van der Waals surface area contributed by atoms with Crippen LogP contribution in [0.1, 0.15) is 25.0 Å². The van der Waals surface area contributed by atoms with Crippen LogP contribution in [0.2, 0.25) is 0 Å². The van der Waals surface area contributed by atoms with Crippen LogP contribution in [0.4, 0.5) is 5.69 Å². The molecule has 0 aliphatic heterocycles. The monoisotopic (exact) mass is 317 g/mol. The molecule has 1 N–H and O–H groups in total. The van der Waals surface area contributed by atoms with Crippen molar-refractivity contribution in [3.63, 3.8) is 0 Å². The van der Waals surface area contributed by atoms with Crippen molar-refractivity contribution >= 4 is 5.69 Å². The van der Waals surface area contributed by atoms with E-state index in [1.807, 2.05) is 19.1 Å². The minimum atomic E-state index is -0.964. The number of ether oxygens (including phenoxy) is 2. The zero-order valence-electron chi connectivity index (χ0n) is 12.8. The first kappa shape index (κ1) is 16.8. The lowest BCUT2D eigenvalue weighted by atomic mass is 10.1. The number of aliphatic hydroxyl groups excluding tert-OH is 1. The van der Waals surface area contributed by atoms with E-state index in [1.54, 1.807) is 18.2 Å². The summed E-state index contributed by atoms with van der Waals surface area (Å²) in [5.41, 5.74) is 0.374. The van der Waals surface area contributed by atoms with Crippen molar-refractivity contribution in [1.29, 1.82) is 0 Å². The molecule has 0 saturated heterocycles. The number of nitrogens with zero attached hydrogens (tertiary/aromatic N) is 1. The Morgan fingerprint density at radius 2 is 1.83 bits per heavy atom. The van der Waals surface area contributed by atoms with Crippen molar-refractivity contribution in [3.05, 3.63) is 64.2 Å². The van der Waals surface area contributed by atoms with Gasteiger partial charge in [-0.05, 0) is 24.1 Å². The first-order chi connectivity index (χ1) is 11.1. The number of aliphatic hydroxyl groups is 1. The topological polar surface area (TPSA) is 81.8 Å². The number of rotatable bonds is 8. The summed E-state index contributed by atoms with van der Waals surface area (Å²) >= 11 is 0. The van der Waals surface area contributed by atoms with E-state index in [1.165, 1.54) is 18.2 Å². The molecule has 23 heavy (non-hydrogen) atoms. The van der Waals surface area contributed by atoms with Gasteiger partial charge in [0.1, 0.15) is 12.7 Å². The van der Waals surface area contributed by atoms with Gasteiger partial charge in [0, 0.05) is 12.1 Å². The molecular weight excluding hydrogens is 298 g/mol. The fourth-order valence-corrected chi connectivity index (χ4v) is 2.01. The molecule has 0 aliphatic rings. The molecule has 122 valence electrons. The number of para-hydroxylation sites is 2. The highest BCUT2D eigenvalue weighted by molar-refractivity contribution is 5.40. The first-order valence-corrected chi connectivity index (χ1v) is 7.39. The molecule has 1 unspecified atom stereocenters. The van der Waals surface area contributed by atoms with Gasteiger partial charge in [0.15, 0.2) is 11.5 Å². The molecule has 0 fully saturated rings. The summed E-state index contributed by atoms with van der Waals surface area (Å²) in [6, 6.07) is 13.1. The molecule has 0 aliphatic carbocycles. The molecule has 6 heteroatoms. The Balaban J connectivity index is 2.03. The van der Waals surface area contributed by atoms with E-state index in [-0.39, 0.29) is 12.3 Å². The molecule has 0 heterocycles. The second-order valence-electron chi connectivity index (χ2n) is 4.97. The fraction of sp³-hybridized carbons (Fsp3) is 0.294. The van der Waals surface area contributed by atoms with E-state index >= 15 is 0 Å². The maximum atomic E-state index is 10.8. The van der Waals surface area contributed by atoms with Crippen LogP contribution in [0, 0.1) is 10.1 Å². The molecular formula is C17H19NO5. The smallest absolute Gasteiger partial charge is 0.269 e. The quantitative estimate of drug-likeness (QED) is 0.595. The highest BCUT2D eigenvalue weighted by Gasteiger charge is 2.14. The number of hydrogen-bond acceptors (Lipinski definition) is 5. The summed E-state index contributed by atoms with van der Waals surface area (Å²) in [5, 5.41) is 20.9. The number of nitro groups is 1. The Morgan fingerprint density at radius 3 is 2.48 bits per heavy atom. The van der Waals surface area contributed by atoms with Gasteiger partial charge in [-0.3, -0.25) is 10.1 Å². The SMILES string of the molecule is CCCOc1ccccc1OCC(O)c1cccc([N+](=O)[O-])c1. The Bertz CT molecular complexity index is 659. The van der Waals surface area contributed by atoms with Gasteiger partial charge in [0.2, 0.25) is 0 Å². The molecule has 0 amide bonds. The predicted octanol–water partition coefficient (Wildman–Crippen LogP) is 3.50. The lowest BCUT2D eigenvalue weighted by Crippen LogP contribution is -2.10. The average molecular weight is 317 g/mol. The van der Waals surface area contributed by atoms with Crippen LogP contribution in [-0.2, 0) is 0 Å². The van der Waals surface area contributed by atoms with Gasteiger partial charge in [-0.25, -0.2) is 0 Å². The minimum absolute atomic E-state index is 0.0202. The molecule has 0 bridgehead atoms. The largest absolute Gasteiger partial charge is 0.490 e. The molecule has 0 saturated carbocycles. The van der Waals surface area contributed by atoms with E-state index in [9.17, 15) is 15.2 Å². The second-order valence-corrected chi connectivity index (χ2v) is 4.97. The molecule has 6 nitrogen and oxygen atoms in total. The van der Waals surface area contributed by atoms with E-state index in [0.29, 0.717) is 23.7 Å². The third-order valence-electron chi connectivity index (χ3n) is 3.17. The number of nitro benzene ring substituents is 1. The lowest BCUT2D eigenvalue weighted by molar-refractivity contribution is -0.385. The average Bonchev–Trinajstić information content (AvgIpc) is 2.58. The number of non-ortho nitro benzene ring substituents is 1. The van der Waals surface area contributed by atoms with Crippen molar-refractivity contribution in [2.45, 2.75) is 19.4 Å². The van der Waals surface area contributed by atoms with Crippen molar-refractivity contribution < 1.29 is 19.5 Å². The van der Waals surface area contributed by atoms with Gasteiger partial charge in [0.05, 0.1) is 11.5 Å². The number of hydrogen-bond donors (Lipinski definition) is 1. The van der Waals surface area contributed by atoms with E-state index in [2.05, 4.69) is 0 Å². The lowest BCUT2D eigenvalue weighted by Gasteiger charge is -2.15. The summed E-state index contributed by atoms with van der Waals surface area (Å²) < 4.78 is 11.2. The molecule has 0 radical (unpaired) electrons. The van der Waals surface area contributed by atoms with Crippen LogP contribution in [0.3, 0.4) is 0 Å². The molecule has 2 aromatic carbocycles.